The predicted octanol–water partition coefficient (Wildman–Crippen LogP) is 9.75. The van der Waals surface area contributed by atoms with Crippen molar-refractivity contribution in [3.8, 4) is 0 Å². The van der Waals surface area contributed by atoms with Crippen LogP contribution in [0.3, 0.4) is 0 Å². The van der Waals surface area contributed by atoms with Crippen LogP contribution in [0.4, 0.5) is 0 Å². The van der Waals surface area contributed by atoms with Crippen molar-refractivity contribution in [2.75, 3.05) is 0 Å². The van der Waals surface area contributed by atoms with E-state index >= 15 is 0 Å². The first-order valence-corrected chi connectivity index (χ1v) is 12.3. The van der Waals surface area contributed by atoms with Gasteiger partial charge in [-0.05, 0) is 76.8 Å². The normalized spacial score (nSPS) is 11.8. The molecule has 0 heterocycles. The summed E-state index contributed by atoms with van der Waals surface area (Å²) < 4.78 is 0. The van der Waals surface area contributed by atoms with Crippen LogP contribution in [0.1, 0.15) is 0 Å². The van der Waals surface area contributed by atoms with Crippen LogP contribution in [0.15, 0.2) is 119 Å². The fraction of sp³-hybridized carbons (Fsp3) is 0. The first kappa shape index (κ1) is 20.0. The van der Waals surface area contributed by atoms with Crippen molar-refractivity contribution < 1.29 is 0 Å². The van der Waals surface area contributed by atoms with Crippen molar-refractivity contribution in [3.63, 3.8) is 0 Å². The largest absolute Gasteiger partial charge is 0.143 e. The molecule has 160 valence electrons. The van der Waals surface area contributed by atoms with E-state index in [4.69, 9.17) is 0 Å². The van der Waals surface area contributed by atoms with Crippen molar-refractivity contribution in [2.45, 2.75) is 9.79 Å². The molecule has 0 atom stereocenters. The molecule has 0 unspecified atom stereocenters. The van der Waals surface area contributed by atoms with Gasteiger partial charge in [0, 0.05) is 9.79 Å². The highest BCUT2D eigenvalue weighted by Gasteiger charge is 2.09. The van der Waals surface area contributed by atoms with E-state index in [1.807, 2.05) is 0 Å². The van der Waals surface area contributed by atoms with Gasteiger partial charge in [0.05, 0.1) is 0 Å². The standard InChI is InChI=1S/2C16H10S/c2*17-14-9-7-12-5-4-10-2-1-3-11-6-8-13(14)16(12)15(10)11/h2*1-9,17H. The molecule has 0 aliphatic rings. The van der Waals surface area contributed by atoms with Crippen molar-refractivity contribution in [1.82, 2.24) is 0 Å². The van der Waals surface area contributed by atoms with Crippen LogP contribution in [0, 0.1) is 0 Å². The van der Waals surface area contributed by atoms with Crippen LogP contribution in [0.5, 0.6) is 0 Å². The molecule has 0 aliphatic carbocycles. The van der Waals surface area contributed by atoms with Crippen LogP contribution >= 0.6 is 25.3 Å². The third-order valence-corrected chi connectivity index (χ3v) is 7.79. The maximum Gasteiger partial charge on any atom is 0.0119 e. The fourth-order valence-corrected chi connectivity index (χ4v) is 5.96. The zero-order valence-corrected chi connectivity index (χ0v) is 20.1. The first-order chi connectivity index (χ1) is 16.7. The Morgan fingerprint density at radius 1 is 0.294 bits per heavy atom. The third kappa shape index (κ3) is 2.89. The maximum absolute atomic E-state index is 4.56. The van der Waals surface area contributed by atoms with E-state index in [1.165, 1.54) is 64.6 Å². The van der Waals surface area contributed by atoms with Crippen LogP contribution in [-0.2, 0) is 0 Å². The molecule has 8 aromatic rings. The molecule has 2 heteroatoms. The summed E-state index contributed by atoms with van der Waals surface area (Å²) in [6.07, 6.45) is 0. The number of hydrogen-bond acceptors (Lipinski definition) is 2. The number of rotatable bonds is 0. The molecule has 0 nitrogen and oxygen atoms in total. The average Bonchev–Trinajstić information content (AvgIpc) is 2.88. The van der Waals surface area contributed by atoms with Crippen molar-refractivity contribution >= 4 is 89.9 Å². The lowest BCUT2D eigenvalue weighted by Gasteiger charge is -2.11. The second-order valence-corrected chi connectivity index (χ2v) is 9.85. The number of benzene rings is 8. The smallest absolute Gasteiger partial charge is 0.0119 e. The van der Waals surface area contributed by atoms with Gasteiger partial charge in [-0.25, -0.2) is 0 Å². The van der Waals surface area contributed by atoms with Gasteiger partial charge < -0.3 is 0 Å². The van der Waals surface area contributed by atoms with E-state index in [0.29, 0.717) is 0 Å². The summed E-state index contributed by atoms with van der Waals surface area (Å²) >= 11 is 9.11. The monoisotopic (exact) mass is 468 g/mol. The summed E-state index contributed by atoms with van der Waals surface area (Å²) in [6.45, 7) is 0. The fourth-order valence-electron chi connectivity index (χ4n) is 5.44. The molecule has 0 saturated carbocycles. The SMILES string of the molecule is Sc1ccc2ccc3cccc4ccc1c2c34.Sc1ccc2ccc3cccc4ccc1c2c34. The van der Waals surface area contributed by atoms with Crippen molar-refractivity contribution in [1.29, 1.82) is 0 Å². The topological polar surface area (TPSA) is 0 Å². The van der Waals surface area contributed by atoms with E-state index < -0.39 is 0 Å². The second-order valence-electron chi connectivity index (χ2n) is 8.88. The van der Waals surface area contributed by atoms with Crippen LogP contribution in [0.2, 0.25) is 0 Å². The Morgan fingerprint density at radius 2 is 0.588 bits per heavy atom. The van der Waals surface area contributed by atoms with Crippen LogP contribution in [0.25, 0.3) is 64.6 Å². The van der Waals surface area contributed by atoms with Gasteiger partial charge >= 0.3 is 0 Å². The minimum absolute atomic E-state index is 1.05. The highest BCUT2D eigenvalue weighted by molar-refractivity contribution is 7.80. The Morgan fingerprint density at radius 3 is 0.971 bits per heavy atom. The number of hydrogen-bond donors (Lipinski definition) is 2. The average molecular weight is 469 g/mol. The predicted molar refractivity (Wildman–Crippen MR) is 155 cm³/mol. The van der Waals surface area contributed by atoms with Gasteiger partial charge in [-0.2, -0.15) is 0 Å². The molecular weight excluding hydrogens is 448 g/mol. The minimum atomic E-state index is 1.05. The van der Waals surface area contributed by atoms with Crippen molar-refractivity contribution in [3.05, 3.63) is 109 Å². The molecule has 8 rings (SSSR count). The van der Waals surface area contributed by atoms with Gasteiger partial charge in [0.1, 0.15) is 0 Å². The molecule has 0 saturated heterocycles. The molecule has 8 aromatic carbocycles. The summed E-state index contributed by atoms with van der Waals surface area (Å²) in [4.78, 5) is 2.10. The Bertz CT molecular complexity index is 1810. The first-order valence-electron chi connectivity index (χ1n) is 11.4. The molecule has 0 aromatic heterocycles. The molecule has 0 aliphatic heterocycles. The Balaban J connectivity index is 0.000000118. The molecule has 0 spiro atoms. The highest BCUT2D eigenvalue weighted by Crippen LogP contribution is 2.38. The molecule has 0 fully saturated rings. The van der Waals surface area contributed by atoms with Crippen molar-refractivity contribution in [2.24, 2.45) is 0 Å². The summed E-state index contributed by atoms with van der Waals surface area (Å²) in [5.74, 6) is 0. The Kier molecular flexibility index (Phi) is 4.42. The molecular formula is C32H20S2. The van der Waals surface area contributed by atoms with Gasteiger partial charge in [0.25, 0.3) is 0 Å². The lowest BCUT2D eigenvalue weighted by Crippen LogP contribution is -1.83. The highest BCUT2D eigenvalue weighted by atomic mass is 32.1. The van der Waals surface area contributed by atoms with Crippen LogP contribution in [-0.4, -0.2) is 0 Å². The van der Waals surface area contributed by atoms with Gasteiger partial charge in [0.2, 0.25) is 0 Å². The van der Waals surface area contributed by atoms with E-state index in [1.54, 1.807) is 0 Å². The molecule has 0 N–H and O–H groups in total. The van der Waals surface area contributed by atoms with E-state index in [0.717, 1.165) is 9.79 Å². The van der Waals surface area contributed by atoms with Gasteiger partial charge in [0.15, 0.2) is 0 Å². The second kappa shape index (κ2) is 7.53. The maximum atomic E-state index is 4.56. The van der Waals surface area contributed by atoms with Gasteiger partial charge in [-0.1, -0.05) is 97.1 Å². The zero-order chi connectivity index (χ0) is 22.8. The summed E-state index contributed by atoms with van der Waals surface area (Å²) in [5, 5.41) is 15.7. The van der Waals surface area contributed by atoms with Crippen LogP contribution < -0.4 is 0 Å². The molecule has 0 bridgehead atoms. The number of thiol groups is 2. The lowest BCUT2D eigenvalue weighted by atomic mass is 9.94. The third-order valence-electron chi connectivity index (χ3n) is 7.01. The summed E-state index contributed by atoms with van der Waals surface area (Å²) in [6, 6.07) is 38.9. The molecule has 0 amide bonds. The quantitative estimate of drug-likeness (QED) is 0.161. The molecule has 0 radical (unpaired) electrons. The minimum Gasteiger partial charge on any atom is -0.143 e. The van der Waals surface area contributed by atoms with E-state index in [2.05, 4.69) is 134 Å². The molecule has 34 heavy (non-hydrogen) atoms. The summed E-state index contributed by atoms with van der Waals surface area (Å²) in [7, 11) is 0. The lowest BCUT2D eigenvalue weighted by molar-refractivity contribution is 1.59. The zero-order valence-electron chi connectivity index (χ0n) is 18.3. The van der Waals surface area contributed by atoms with Gasteiger partial charge in [-0.3, -0.25) is 0 Å². The summed E-state index contributed by atoms with van der Waals surface area (Å²) in [5.41, 5.74) is 0. The van der Waals surface area contributed by atoms with E-state index in [-0.39, 0.29) is 0 Å². The Labute approximate surface area is 208 Å². The Hall–Kier alpha value is -3.46. The van der Waals surface area contributed by atoms with Gasteiger partial charge in [-0.15, -0.1) is 25.3 Å². The van der Waals surface area contributed by atoms with E-state index in [9.17, 15) is 0 Å².